The minimum atomic E-state index is -1.53. The normalized spacial score (nSPS) is 20.8. The van der Waals surface area contributed by atoms with Crippen molar-refractivity contribution in [3.63, 3.8) is 0 Å². The number of piperidine rings is 1. The lowest BCUT2D eigenvalue weighted by Crippen LogP contribution is -2.57. The van der Waals surface area contributed by atoms with Crippen LogP contribution in [0.15, 0.2) is 24.3 Å². The molecule has 0 spiro atoms. The molecule has 0 unspecified atom stereocenters. The molecule has 24 heavy (non-hydrogen) atoms. The fourth-order valence-electron chi connectivity index (χ4n) is 2.85. The van der Waals surface area contributed by atoms with E-state index < -0.39 is 11.5 Å². The number of hydrogen-bond acceptors (Lipinski definition) is 4. The Labute approximate surface area is 142 Å². The van der Waals surface area contributed by atoms with E-state index in [-0.39, 0.29) is 25.1 Å². The Balaban J connectivity index is 2.01. The van der Waals surface area contributed by atoms with Gasteiger partial charge in [-0.15, -0.1) is 0 Å². The summed E-state index contributed by atoms with van der Waals surface area (Å²) in [5.74, 6) is 0.137. The molecule has 2 N–H and O–H groups in total. The highest BCUT2D eigenvalue weighted by Gasteiger charge is 2.40. The summed E-state index contributed by atoms with van der Waals surface area (Å²) in [6.45, 7) is 6.22. The maximum Gasteiger partial charge on any atom is 0.254 e. The molecular formula is C18H26N2O4. The molecule has 0 radical (unpaired) electrons. The predicted molar refractivity (Wildman–Crippen MR) is 90.5 cm³/mol. The van der Waals surface area contributed by atoms with Gasteiger partial charge >= 0.3 is 0 Å². The van der Waals surface area contributed by atoms with Gasteiger partial charge in [-0.05, 0) is 32.8 Å². The van der Waals surface area contributed by atoms with Crippen molar-refractivity contribution < 1.29 is 19.4 Å². The molecule has 0 bridgehead atoms. The number of para-hydroxylation sites is 1. The van der Waals surface area contributed by atoms with Gasteiger partial charge in [-0.3, -0.25) is 9.59 Å². The minimum absolute atomic E-state index is 0.0357. The first kappa shape index (κ1) is 18.3. The van der Waals surface area contributed by atoms with Crippen LogP contribution in [-0.2, 0) is 16.1 Å². The lowest BCUT2D eigenvalue weighted by atomic mass is 9.91. The maximum atomic E-state index is 12.5. The molecule has 6 nitrogen and oxygen atoms in total. The monoisotopic (exact) mass is 334 g/mol. The Morgan fingerprint density at radius 1 is 1.38 bits per heavy atom. The van der Waals surface area contributed by atoms with Gasteiger partial charge in [0.05, 0.1) is 12.6 Å². The molecule has 1 aromatic rings. The SMILES string of the molecule is CC(=O)N1CCC[C@@](O)(C(=O)NCc2ccccc2OC(C)C)C1. The van der Waals surface area contributed by atoms with Gasteiger partial charge in [-0.25, -0.2) is 0 Å². The summed E-state index contributed by atoms with van der Waals surface area (Å²) >= 11 is 0. The highest BCUT2D eigenvalue weighted by molar-refractivity contribution is 5.86. The van der Waals surface area contributed by atoms with Gasteiger partial charge in [0.1, 0.15) is 5.75 Å². The van der Waals surface area contributed by atoms with Gasteiger partial charge in [0.2, 0.25) is 5.91 Å². The number of likely N-dealkylation sites (tertiary alicyclic amines) is 1. The van der Waals surface area contributed by atoms with Gasteiger partial charge in [-0.2, -0.15) is 0 Å². The zero-order valence-corrected chi connectivity index (χ0v) is 14.5. The molecule has 0 aromatic heterocycles. The topological polar surface area (TPSA) is 78.9 Å². The molecule has 1 saturated heterocycles. The fraction of sp³-hybridized carbons (Fsp3) is 0.556. The van der Waals surface area contributed by atoms with E-state index in [0.717, 1.165) is 5.56 Å². The molecule has 2 amide bonds. The summed E-state index contributed by atoms with van der Waals surface area (Å²) < 4.78 is 5.73. The number of aliphatic hydroxyl groups is 1. The van der Waals surface area contributed by atoms with Gasteiger partial charge in [0.15, 0.2) is 5.60 Å². The molecule has 1 aliphatic rings. The van der Waals surface area contributed by atoms with Gasteiger partial charge in [0.25, 0.3) is 5.91 Å². The van der Waals surface area contributed by atoms with Gasteiger partial charge < -0.3 is 20.1 Å². The Kier molecular flexibility index (Phi) is 5.83. The second-order valence-electron chi connectivity index (χ2n) is 6.53. The van der Waals surface area contributed by atoms with Crippen molar-refractivity contribution in [3.05, 3.63) is 29.8 Å². The Morgan fingerprint density at radius 2 is 2.08 bits per heavy atom. The first-order valence-corrected chi connectivity index (χ1v) is 8.32. The third kappa shape index (κ3) is 4.47. The van der Waals surface area contributed by atoms with E-state index >= 15 is 0 Å². The number of nitrogens with one attached hydrogen (secondary N) is 1. The van der Waals surface area contributed by atoms with E-state index in [1.165, 1.54) is 11.8 Å². The molecule has 0 aliphatic carbocycles. The molecular weight excluding hydrogens is 308 g/mol. The molecule has 1 aliphatic heterocycles. The van der Waals surface area contributed by atoms with Crippen LogP contribution in [0.3, 0.4) is 0 Å². The van der Waals surface area contributed by atoms with E-state index in [1.54, 1.807) is 0 Å². The highest BCUT2D eigenvalue weighted by Crippen LogP contribution is 2.23. The lowest BCUT2D eigenvalue weighted by Gasteiger charge is -2.37. The summed E-state index contributed by atoms with van der Waals surface area (Å²) in [4.78, 5) is 25.5. The summed E-state index contributed by atoms with van der Waals surface area (Å²) in [7, 11) is 0. The Hall–Kier alpha value is -2.08. The first-order chi connectivity index (χ1) is 11.3. The van der Waals surface area contributed by atoms with E-state index in [4.69, 9.17) is 4.74 Å². The van der Waals surface area contributed by atoms with Crippen LogP contribution in [-0.4, -0.2) is 46.6 Å². The zero-order valence-electron chi connectivity index (χ0n) is 14.5. The first-order valence-electron chi connectivity index (χ1n) is 8.32. The van der Waals surface area contributed by atoms with Crippen LogP contribution in [0, 0.1) is 0 Å². The Bertz CT molecular complexity index is 602. The molecule has 132 valence electrons. The number of ether oxygens (including phenoxy) is 1. The molecule has 1 fully saturated rings. The molecule has 1 heterocycles. The van der Waals surface area contributed by atoms with Crippen LogP contribution < -0.4 is 10.1 Å². The van der Waals surface area contributed by atoms with Crippen molar-refractivity contribution in [2.75, 3.05) is 13.1 Å². The maximum absolute atomic E-state index is 12.5. The molecule has 0 saturated carbocycles. The molecule has 2 rings (SSSR count). The van der Waals surface area contributed by atoms with Crippen LogP contribution in [0.4, 0.5) is 0 Å². The van der Waals surface area contributed by atoms with Crippen LogP contribution in [0.1, 0.15) is 39.2 Å². The largest absolute Gasteiger partial charge is 0.491 e. The summed E-state index contributed by atoms with van der Waals surface area (Å²) in [5, 5.41) is 13.4. The number of carbonyl (C=O) groups is 2. The number of benzene rings is 1. The number of amides is 2. The quantitative estimate of drug-likeness (QED) is 0.854. The third-order valence-electron chi connectivity index (χ3n) is 4.11. The third-order valence-corrected chi connectivity index (χ3v) is 4.11. The molecule has 6 heteroatoms. The van der Waals surface area contributed by atoms with Crippen molar-refractivity contribution >= 4 is 11.8 Å². The van der Waals surface area contributed by atoms with E-state index in [2.05, 4.69) is 5.32 Å². The van der Waals surface area contributed by atoms with Crippen LogP contribution >= 0.6 is 0 Å². The second kappa shape index (κ2) is 7.66. The predicted octanol–water partition coefficient (Wildman–Crippen LogP) is 1.46. The van der Waals surface area contributed by atoms with Crippen LogP contribution in [0.25, 0.3) is 0 Å². The molecule has 1 atom stereocenters. The van der Waals surface area contributed by atoms with Crippen molar-refractivity contribution in [2.24, 2.45) is 0 Å². The number of rotatable bonds is 5. The molecule has 1 aromatic carbocycles. The van der Waals surface area contributed by atoms with E-state index in [9.17, 15) is 14.7 Å². The number of carbonyl (C=O) groups excluding carboxylic acids is 2. The summed E-state index contributed by atoms with van der Waals surface area (Å²) in [5.41, 5.74) is -0.681. The zero-order chi connectivity index (χ0) is 17.7. The Morgan fingerprint density at radius 3 is 2.75 bits per heavy atom. The summed E-state index contributed by atoms with van der Waals surface area (Å²) in [6, 6.07) is 7.49. The van der Waals surface area contributed by atoms with Crippen molar-refractivity contribution in [2.45, 2.75) is 51.9 Å². The van der Waals surface area contributed by atoms with Crippen molar-refractivity contribution in [1.29, 1.82) is 0 Å². The number of nitrogens with zero attached hydrogens (tertiary/aromatic N) is 1. The van der Waals surface area contributed by atoms with Crippen molar-refractivity contribution in [3.8, 4) is 5.75 Å². The second-order valence-corrected chi connectivity index (χ2v) is 6.53. The van der Waals surface area contributed by atoms with Gasteiger partial charge in [-0.1, -0.05) is 18.2 Å². The van der Waals surface area contributed by atoms with E-state index in [1.807, 2.05) is 38.1 Å². The number of hydrogen-bond donors (Lipinski definition) is 2. The van der Waals surface area contributed by atoms with Crippen LogP contribution in [0.2, 0.25) is 0 Å². The van der Waals surface area contributed by atoms with E-state index in [0.29, 0.717) is 25.1 Å². The average Bonchev–Trinajstić information content (AvgIpc) is 2.53. The fourth-order valence-corrected chi connectivity index (χ4v) is 2.85. The average molecular weight is 334 g/mol. The van der Waals surface area contributed by atoms with Crippen LogP contribution in [0.5, 0.6) is 5.75 Å². The number of β-amino-alcohol motifs (C(OH)–C–C–N with tert-alkyl or cyclic N) is 1. The lowest BCUT2D eigenvalue weighted by molar-refractivity contribution is -0.150. The highest BCUT2D eigenvalue weighted by atomic mass is 16.5. The van der Waals surface area contributed by atoms with Crippen molar-refractivity contribution in [1.82, 2.24) is 10.2 Å². The smallest absolute Gasteiger partial charge is 0.254 e. The summed E-state index contributed by atoms with van der Waals surface area (Å²) in [6.07, 6.45) is 0.997. The van der Waals surface area contributed by atoms with Gasteiger partial charge in [0, 0.05) is 25.6 Å². The standard InChI is InChI=1S/C18H26N2O4/c1-13(2)24-16-8-5-4-7-15(16)11-19-17(22)18(23)9-6-10-20(12-18)14(3)21/h4-5,7-8,13,23H,6,9-12H2,1-3H3,(H,19,22)/t18-/m0/s1. The minimum Gasteiger partial charge on any atom is -0.491 e.